The van der Waals surface area contributed by atoms with Gasteiger partial charge in [0.15, 0.2) is 6.61 Å². The van der Waals surface area contributed by atoms with Gasteiger partial charge in [0, 0.05) is 0 Å². The smallest absolute Gasteiger partial charge is 0.258 e. The molecule has 1 atom stereocenters. The molecule has 2 aromatic carbocycles. The Morgan fingerprint density at radius 1 is 1.04 bits per heavy atom. The van der Waals surface area contributed by atoms with Crippen molar-refractivity contribution in [1.29, 1.82) is 0 Å². The molecule has 1 amide bonds. The number of hydrogen-bond acceptors (Lipinski definition) is 2. The average molecular weight is 325 g/mol. The maximum absolute atomic E-state index is 12.2. The van der Waals surface area contributed by atoms with Gasteiger partial charge in [0.05, 0.1) is 6.04 Å². The number of hydrogen-bond donors (Lipinski definition) is 1. The molecule has 24 heavy (non-hydrogen) atoms. The third-order valence-electron chi connectivity index (χ3n) is 4.18. The Hall–Kier alpha value is -2.29. The third-order valence-corrected chi connectivity index (χ3v) is 4.18. The van der Waals surface area contributed by atoms with E-state index >= 15 is 0 Å². The van der Waals surface area contributed by atoms with Crippen LogP contribution in [0.15, 0.2) is 42.5 Å². The lowest BCUT2D eigenvalue weighted by Crippen LogP contribution is -2.31. The first-order chi connectivity index (χ1) is 11.4. The normalized spacial score (nSPS) is 12.1. The van der Waals surface area contributed by atoms with Crippen LogP contribution in [-0.2, 0) is 4.79 Å². The molecule has 0 aliphatic heterocycles. The molecule has 0 radical (unpaired) electrons. The van der Waals surface area contributed by atoms with E-state index in [0.29, 0.717) is 5.92 Å². The summed E-state index contributed by atoms with van der Waals surface area (Å²) in [7, 11) is 0. The Labute approximate surface area is 145 Å². The summed E-state index contributed by atoms with van der Waals surface area (Å²) >= 11 is 0. The molecule has 2 aromatic rings. The molecule has 0 aliphatic rings. The van der Waals surface area contributed by atoms with Crippen LogP contribution in [0.1, 0.15) is 55.0 Å². The van der Waals surface area contributed by atoms with Crippen molar-refractivity contribution in [3.63, 3.8) is 0 Å². The maximum atomic E-state index is 12.2. The first-order valence-electron chi connectivity index (χ1n) is 8.46. The van der Waals surface area contributed by atoms with E-state index in [1.807, 2.05) is 38.1 Å². The Morgan fingerprint density at radius 2 is 1.75 bits per heavy atom. The highest BCUT2D eigenvalue weighted by molar-refractivity contribution is 5.78. The first-order valence-corrected chi connectivity index (χ1v) is 8.46. The second-order valence-corrected chi connectivity index (χ2v) is 6.63. The molecule has 0 aromatic heterocycles. The van der Waals surface area contributed by atoms with Gasteiger partial charge < -0.3 is 10.1 Å². The van der Waals surface area contributed by atoms with Crippen molar-refractivity contribution < 1.29 is 9.53 Å². The van der Waals surface area contributed by atoms with E-state index in [9.17, 15) is 4.79 Å². The molecule has 0 saturated heterocycles. The van der Waals surface area contributed by atoms with Gasteiger partial charge >= 0.3 is 0 Å². The standard InChI is InChI=1S/C21H27NO2/c1-14(2)18-11-10-15(3)12-20(18)24-13-21(23)22-17(5)19-9-7-6-8-16(19)4/h6-12,14,17H,13H2,1-5H3,(H,22,23). The van der Waals surface area contributed by atoms with E-state index in [4.69, 9.17) is 4.74 Å². The summed E-state index contributed by atoms with van der Waals surface area (Å²) in [5, 5.41) is 3.01. The van der Waals surface area contributed by atoms with Crippen molar-refractivity contribution in [3.8, 4) is 5.75 Å². The number of amides is 1. The largest absolute Gasteiger partial charge is 0.483 e. The minimum absolute atomic E-state index is 0.0272. The zero-order valence-electron chi connectivity index (χ0n) is 15.2. The van der Waals surface area contributed by atoms with E-state index in [1.165, 1.54) is 5.56 Å². The van der Waals surface area contributed by atoms with Gasteiger partial charge in [0.25, 0.3) is 5.91 Å². The Morgan fingerprint density at radius 3 is 2.42 bits per heavy atom. The number of carbonyl (C=O) groups excluding carboxylic acids is 1. The summed E-state index contributed by atoms with van der Waals surface area (Å²) < 4.78 is 5.80. The highest BCUT2D eigenvalue weighted by atomic mass is 16.5. The molecule has 2 rings (SSSR count). The van der Waals surface area contributed by atoms with Gasteiger partial charge in [0.1, 0.15) is 5.75 Å². The molecule has 128 valence electrons. The third kappa shape index (κ3) is 4.60. The van der Waals surface area contributed by atoms with Gasteiger partial charge in [-0.15, -0.1) is 0 Å². The molecule has 0 fully saturated rings. The average Bonchev–Trinajstić information content (AvgIpc) is 2.53. The van der Waals surface area contributed by atoms with Crippen molar-refractivity contribution in [2.75, 3.05) is 6.61 Å². The zero-order valence-corrected chi connectivity index (χ0v) is 15.2. The van der Waals surface area contributed by atoms with Crippen molar-refractivity contribution in [2.45, 2.75) is 46.6 Å². The maximum Gasteiger partial charge on any atom is 0.258 e. The fourth-order valence-corrected chi connectivity index (χ4v) is 2.82. The molecular formula is C21H27NO2. The molecule has 3 heteroatoms. The van der Waals surface area contributed by atoms with Crippen molar-refractivity contribution >= 4 is 5.91 Å². The predicted molar refractivity (Wildman–Crippen MR) is 98.5 cm³/mol. The molecular weight excluding hydrogens is 298 g/mol. The second kappa shape index (κ2) is 8.00. The lowest BCUT2D eigenvalue weighted by Gasteiger charge is -2.18. The van der Waals surface area contributed by atoms with Crippen LogP contribution in [0.5, 0.6) is 5.75 Å². The summed E-state index contributed by atoms with van der Waals surface area (Å²) in [5.74, 6) is 1.04. The van der Waals surface area contributed by atoms with Crippen LogP contribution >= 0.6 is 0 Å². The number of benzene rings is 2. The lowest BCUT2D eigenvalue weighted by atomic mass is 10.0. The highest BCUT2D eigenvalue weighted by Crippen LogP contribution is 2.27. The quantitative estimate of drug-likeness (QED) is 0.837. The number of ether oxygens (including phenoxy) is 1. The fraction of sp³-hybridized carbons (Fsp3) is 0.381. The van der Waals surface area contributed by atoms with Crippen molar-refractivity contribution in [2.24, 2.45) is 0 Å². The topological polar surface area (TPSA) is 38.3 Å². The second-order valence-electron chi connectivity index (χ2n) is 6.63. The zero-order chi connectivity index (χ0) is 17.7. The molecule has 0 spiro atoms. The molecule has 1 N–H and O–H groups in total. The first kappa shape index (κ1) is 18.1. The molecule has 0 aliphatic carbocycles. The monoisotopic (exact) mass is 325 g/mol. The van der Waals surface area contributed by atoms with Gasteiger partial charge in [-0.1, -0.05) is 50.2 Å². The van der Waals surface area contributed by atoms with Crippen LogP contribution in [0.4, 0.5) is 0 Å². The van der Waals surface area contributed by atoms with Crippen LogP contribution in [-0.4, -0.2) is 12.5 Å². The van der Waals surface area contributed by atoms with E-state index in [-0.39, 0.29) is 18.6 Å². The van der Waals surface area contributed by atoms with Gasteiger partial charge in [-0.2, -0.15) is 0 Å². The van der Waals surface area contributed by atoms with Gasteiger partial charge in [0.2, 0.25) is 0 Å². The number of rotatable bonds is 6. The molecule has 1 unspecified atom stereocenters. The van der Waals surface area contributed by atoms with Crippen LogP contribution in [0.2, 0.25) is 0 Å². The van der Waals surface area contributed by atoms with E-state index in [1.54, 1.807) is 0 Å². The SMILES string of the molecule is Cc1ccc(C(C)C)c(OCC(=O)NC(C)c2ccccc2C)c1. The Balaban J connectivity index is 1.99. The van der Waals surface area contributed by atoms with Crippen molar-refractivity contribution in [1.82, 2.24) is 5.32 Å². The Bertz CT molecular complexity index is 707. The summed E-state index contributed by atoms with van der Waals surface area (Å²) in [6.07, 6.45) is 0. The van der Waals surface area contributed by atoms with Gasteiger partial charge in [-0.25, -0.2) is 0 Å². The summed E-state index contributed by atoms with van der Waals surface area (Å²) in [6.45, 7) is 10.3. The molecule has 3 nitrogen and oxygen atoms in total. The lowest BCUT2D eigenvalue weighted by molar-refractivity contribution is -0.123. The van der Waals surface area contributed by atoms with Crippen LogP contribution in [0.25, 0.3) is 0 Å². The summed E-state index contributed by atoms with van der Waals surface area (Å²) in [5.41, 5.74) is 4.56. The van der Waals surface area contributed by atoms with E-state index in [2.05, 4.69) is 44.3 Å². The van der Waals surface area contributed by atoms with Crippen molar-refractivity contribution in [3.05, 3.63) is 64.7 Å². The highest BCUT2D eigenvalue weighted by Gasteiger charge is 2.13. The summed E-state index contributed by atoms with van der Waals surface area (Å²) in [4.78, 5) is 12.2. The fourth-order valence-electron chi connectivity index (χ4n) is 2.82. The molecule has 0 saturated carbocycles. The minimum Gasteiger partial charge on any atom is -0.483 e. The molecule has 0 bridgehead atoms. The van der Waals surface area contributed by atoms with Crippen LogP contribution in [0.3, 0.4) is 0 Å². The van der Waals surface area contributed by atoms with Crippen LogP contribution in [0, 0.1) is 13.8 Å². The number of aryl methyl sites for hydroxylation is 2. The number of carbonyl (C=O) groups is 1. The predicted octanol–water partition coefficient (Wildman–Crippen LogP) is 4.68. The molecule has 0 heterocycles. The van der Waals surface area contributed by atoms with E-state index < -0.39 is 0 Å². The van der Waals surface area contributed by atoms with E-state index in [0.717, 1.165) is 22.4 Å². The minimum atomic E-state index is -0.109. The summed E-state index contributed by atoms with van der Waals surface area (Å²) in [6, 6.07) is 14.2. The number of nitrogens with one attached hydrogen (secondary N) is 1. The van der Waals surface area contributed by atoms with Gasteiger partial charge in [-0.05, 0) is 55.0 Å². The Kier molecular flexibility index (Phi) is 6.02. The van der Waals surface area contributed by atoms with Gasteiger partial charge in [-0.3, -0.25) is 4.79 Å². The van der Waals surface area contributed by atoms with Crippen LogP contribution < -0.4 is 10.1 Å².